The van der Waals surface area contributed by atoms with E-state index >= 15 is 0 Å². The summed E-state index contributed by atoms with van der Waals surface area (Å²) < 4.78 is 0. The highest BCUT2D eigenvalue weighted by atomic mass is 16.3. The Morgan fingerprint density at radius 2 is 1.58 bits per heavy atom. The Hall–Kier alpha value is -0.900. The van der Waals surface area contributed by atoms with Crippen LogP contribution < -0.4 is 0 Å². The van der Waals surface area contributed by atoms with Crippen LogP contribution in [0.3, 0.4) is 0 Å². The molecule has 0 atom stereocenters. The van der Waals surface area contributed by atoms with Crippen molar-refractivity contribution in [1.82, 2.24) is 9.80 Å². The van der Waals surface area contributed by atoms with E-state index in [4.69, 9.17) is 0 Å². The van der Waals surface area contributed by atoms with Crippen LogP contribution in [0.15, 0.2) is 30.3 Å². The molecule has 0 radical (unpaired) electrons. The van der Waals surface area contributed by atoms with Gasteiger partial charge in [0.15, 0.2) is 0 Å². The van der Waals surface area contributed by atoms with Gasteiger partial charge in [0, 0.05) is 39.3 Å². The maximum absolute atomic E-state index is 9.83. The molecule has 106 valence electrons. The largest absolute Gasteiger partial charge is 0.389 e. The molecule has 0 unspecified atom stereocenters. The summed E-state index contributed by atoms with van der Waals surface area (Å²) in [5, 5.41) is 9.83. The molecule has 3 nitrogen and oxygen atoms in total. The maximum Gasteiger partial charge on any atom is 0.0718 e. The zero-order valence-corrected chi connectivity index (χ0v) is 12.2. The van der Waals surface area contributed by atoms with Crippen LogP contribution in [0, 0.1) is 0 Å². The van der Waals surface area contributed by atoms with Gasteiger partial charge < -0.3 is 10.0 Å². The normalized spacial score (nSPS) is 18.7. The molecule has 1 aliphatic rings. The number of hydrogen-bond acceptors (Lipinski definition) is 3. The van der Waals surface area contributed by atoms with Crippen molar-refractivity contribution in [1.29, 1.82) is 0 Å². The summed E-state index contributed by atoms with van der Waals surface area (Å²) in [5.74, 6) is 0. The van der Waals surface area contributed by atoms with Crippen molar-refractivity contribution in [2.24, 2.45) is 0 Å². The summed E-state index contributed by atoms with van der Waals surface area (Å²) >= 11 is 0. The Balaban J connectivity index is 1.69. The summed E-state index contributed by atoms with van der Waals surface area (Å²) in [6.45, 7) is 10.0. The molecule has 0 spiro atoms. The van der Waals surface area contributed by atoms with Gasteiger partial charge in [-0.2, -0.15) is 0 Å². The highest BCUT2D eigenvalue weighted by Crippen LogP contribution is 2.09. The van der Waals surface area contributed by atoms with Crippen molar-refractivity contribution in [3.05, 3.63) is 35.9 Å². The smallest absolute Gasteiger partial charge is 0.0718 e. The fraction of sp³-hybridized carbons (Fsp3) is 0.625. The van der Waals surface area contributed by atoms with Crippen LogP contribution in [0.1, 0.15) is 19.4 Å². The molecule has 1 fully saturated rings. The van der Waals surface area contributed by atoms with Crippen LogP contribution in [0.5, 0.6) is 0 Å². The van der Waals surface area contributed by atoms with E-state index in [-0.39, 0.29) is 0 Å². The first kappa shape index (κ1) is 14.5. The van der Waals surface area contributed by atoms with Gasteiger partial charge in [0.05, 0.1) is 5.60 Å². The lowest BCUT2D eigenvalue weighted by Gasteiger charge is -2.37. The lowest BCUT2D eigenvalue weighted by molar-refractivity contribution is 0.0180. The number of rotatable bonds is 5. The molecule has 0 aliphatic carbocycles. The van der Waals surface area contributed by atoms with Crippen LogP contribution in [0.2, 0.25) is 0 Å². The van der Waals surface area contributed by atoms with Crippen LogP contribution in [0.25, 0.3) is 0 Å². The molecule has 1 N–H and O–H groups in total. The summed E-state index contributed by atoms with van der Waals surface area (Å²) in [5.41, 5.74) is 0.841. The van der Waals surface area contributed by atoms with Gasteiger partial charge in [0.25, 0.3) is 0 Å². The number of benzene rings is 1. The minimum Gasteiger partial charge on any atom is -0.389 e. The molecule has 1 aromatic carbocycles. The second-order valence-electron chi connectivity index (χ2n) is 6.17. The van der Waals surface area contributed by atoms with E-state index in [0.717, 1.165) is 45.7 Å². The average molecular weight is 262 g/mol. The van der Waals surface area contributed by atoms with E-state index in [2.05, 4.69) is 40.1 Å². The minimum absolute atomic E-state index is 0.577. The van der Waals surface area contributed by atoms with Gasteiger partial charge >= 0.3 is 0 Å². The fourth-order valence-electron chi connectivity index (χ4n) is 2.65. The predicted octanol–water partition coefficient (Wildman–Crippen LogP) is 1.62. The van der Waals surface area contributed by atoms with Crippen LogP contribution in [-0.4, -0.2) is 59.8 Å². The van der Waals surface area contributed by atoms with Gasteiger partial charge in [-0.25, -0.2) is 0 Å². The molecule has 1 saturated heterocycles. The summed E-state index contributed by atoms with van der Waals surface area (Å²) in [6, 6.07) is 10.7. The van der Waals surface area contributed by atoms with Crippen molar-refractivity contribution in [2.45, 2.75) is 25.9 Å². The Kier molecular flexibility index (Phi) is 4.97. The van der Waals surface area contributed by atoms with Crippen molar-refractivity contribution in [2.75, 3.05) is 39.3 Å². The predicted molar refractivity (Wildman–Crippen MR) is 79.3 cm³/mol. The standard InChI is InChI=1S/C16H26N2O/c1-16(2,19)14-18-12-10-17(11-13-18)9-8-15-6-4-3-5-7-15/h3-7,19H,8-14H2,1-2H3. The van der Waals surface area contributed by atoms with Gasteiger partial charge in [-0.3, -0.25) is 4.90 Å². The van der Waals surface area contributed by atoms with E-state index in [1.807, 2.05) is 13.8 Å². The third-order valence-corrected chi connectivity index (χ3v) is 3.63. The zero-order chi connectivity index (χ0) is 13.7. The second kappa shape index (κ2) is 6.51. The molecule has 3 heteroatoms. The Labute approximate surface area is 116 Å². The monoisotopic (exact) mass is 262 g/mol. The molecule has 1 aromatic rings. The van der Waals surface area contributed by atoms with E-state index in [1.54, 1.807) is 0 Å². The third kappa shape index (κ3) is 5.31. The first-order valence-electron chi connectivity index (χ1n) is 7.24. The van der Waals surface area contributed by atoms with E-state index in [9.17, 15) is 5.11 Å². The average Bonchev–Trinajstić information content (AvgIpc) is 2.37. The summed E-state index contributed by atoms with van der Waals surface area (Å²) in [4.78, 5) is 4.88. The molecule has 1 aliphatic heterocycles. The quantitative estimate of drug-likeness (QED) is 0.873. The zero-order valence-electron chi connectivity index (χ0n) is 12.2. The summed E-state index contributed by atoms with van der Waals surface area (Å²) in [7, 11) is 0. The van der Waals surface area contributed by atoms with Gasteiger partial charge in [-0.1, -0.05) is 30.3 Å². The Morgan fingerprint density at radius 1 is 1.00 bits per heavy atom. The van der Waals surface area contributed by atoms with Crippen molar-refractivity contribution in [3.8, 4) is 0 Å². The molecule has 19 heavy (non-hydrogen) atoms. The lowest BCUT2D eigenvalue weighted by atomic mass is 10.1. The highest BCUT2D eigenvalue weighted by Gasteiger charge is 2.22. The number of hydrogen-bond donors (Lipinski definition) is 1. The molecule has 0 amide bonds. The van der Waals surface area contributed by atoms with E-state index in [0.29, 0.717) is 0 Å². The van der Waals surface area contributed by atoms with Crippen molar-refractivity contribution < 1.29 is 5.11 Å². The Morgan fingerprint density at radius 3 is 2.16 bits per heavy atom. The topological polar surface area (TPSA) is 26.7 Å². The first-order valence-corrected chi connectivity index (χ1v) is 7.24. The van der Waals surface area contributed by atoms with Gasteiger partial charge in [0.1, 0.15) is 0 Å². The van der Waals surface area contributed by atoms with Gasteiger partial charge in [-0.15, -0.1) is 0 Å². The Bertz CT molecular complexity index is 364. The molecule has 0 saturated carbocycles. The van der Waals surface area contributed by atoms with Gasteiger partial charge in [-0.05, 0) is 25.8 Å². The highest BCUT2D eigenvalue weighted by molar-refractivity contribution is 5.14. The van der Waals surface area contributed by atoms with Crippen LogP contribution in [-0.2, 0) is 6.42 Å². The molecule has 0 aromatic heterocycles. The lowest BCUT2D eigenvalue weighted by Crippen LogP contribution is -2.50. The maximum atomic E-state index is 9.83. The third-order valence-electron chi connectivity index (χ3n) is 3.63. The van der Waals surface area contributed by atoms with Crippen LogP contribution in [0.4, 0.5) is 0 Å². The second-order valence-corrected chi connectivity index (χ2v) is 6.17. The fourth-order valence-corrected chi connectivity index (χ4v) is 2.65. The van der Waals surface area contributed by atoms with Crippen molar-refractivity contribution in [3.63, 3.8) is 0 Å². The number of piperazine rings is 1. The molecule has 0 bridgehead atoms. The molecule has 1 heterocycles. The van der Waals surface area contributed by atoms with E-state index < -0.39 is 5.60 Å². The van der Waals surface area contributed by atoms with Gasteiger partial charge in [0.2, 0.25) is 0 Å². The van der Waals surface area contributed by atoms with Crippen LogP contribution >= 0.6 is 0 Å². The van der Waals surface area contributed by atoms with E-state index in [1.165, 1.54) is 5.56 Å². The SMILES string of the molecule is CC(C)(O)CN1CCN(CCc2ccccc2)CC1. The van der Waals surface area contributed by atoms with Crippen molar-refractivity contribution >= 4 is 0 Å². The number of nitrogens with zero attached hydrogens (tertiary/aromatic N) is 2. The summed E-state index contributed by atoms with van der Waals surface area (Å²) in [6.07, 6.45) is 1.13. The number of aliphatic hydroxyl groups is 1. The molecular formula is C16H26N2O. The molecular weight excluding hydrogens is 236 g/mol. The minimum atomic E-state index is -0.577. The molecule has 2 rings (SSSR count). The first-order chi connectivity index (χ1) is 9.03. The number of β-amino-alcohol motifs (C(OH)–C–C–N with tert-alkyl or cyclic N) is 1.